The molecule has 2 aromatic rings. The number of halogens is 1. The minimum Gasteiger partial charge on any atom is -0.383 e. The molecule has 0 atom stereocenters. The van der Waals surface area contributed by atoms with E-state index >= 15 is 0 Å². The molecule has 108 valence electrons. The zero-order valence-electron chi connectivity index (χ0n) is 11.8. The van der Waals surface area contributed by atoms with E-state index in [2.05, 4.69) is 20.9 Å². The van der Waals surface area contributed by atoms with Crippen LogP contribution < -0.4 is 5.56 Å². The van der Waals surface area contributed by atoms with Crippen LogP contribution in [0.15, 0.2) is 51.9 Å². The van der Waals surface area contributed by atoms with Gasteiger partial charge in [-0.1, -0.05) is 15.9 Å². The summed E-state index contributed by atoms with van der Waals surface area (Å²) in [6, 6.07) is 10.0. The molecule has 1 aromatic heterocycles. The lowest BCUT2D eigenvalue weighted by molar-refractivity contribution is 0.103. The van der Waals surface area contributed by atoms with E-state index < -0.39 is 0 Å². The second kappa shape index (κ2) is 6.54. The van der Waals surface area contributed by atoms with Crippen LogP contribution in [0.2, 0.25) is 0 Å². The van der Waals surface area contributed by atoms with Crippen LogP contribution in [-0.2, 0) is 0 Å². The van der Waals surface area contributed by atoms with E-state index in [1.165, 1.54) is 6.07 Å². The van der Waals surface area contributed by atoms with Crippen LogP contribution in [0.3, 0.4) is 0 Å². The van der Waals surface area contributed by atoms with Crippen LogP contribution >= 0.6 is 15.9 Å². The van der Waals surface area contributed by atoms with Crippen molar-refractivity contribution in [2.75, 3.05) is 14.1 Å². The van der Waals surface area contributed by atoms with Crippen LogP contribution in [0.25, 0.3) is 6.08 Å². The second-order valence-electron chi connectivity index (χ2n) is 4.77. The molecule has 21 heavy (non-hydrogen) atoms. The third kappa shape index (κ3) is 3.92. The van der Waals surface area contributed by atoms with Gasteiger partial charge in [0, 0.05) is 42.0 Å². The van der Waals surface area contributed by atoms with Crippen LogP contribution in [0, 0.1) is 0 Å². The molecule has 0 unspecified atom stereocenters. The van der Waals surface area contributed by atoms with Gasteiger partial charge < -0.3 is 9.88 Å². The molecule has 0 fully saturated rings. The molecule has 0 saturated heterocycles. The van der Waals surface area contributed by atoms with Crippen LogP contribution in [0.5, 0.6) is 0 Å². The van der Waals surface area contributed by atoms with Crippen molar-refractivity contribution in [2.24, 2.45) is 0 Å². The van der Waals surface area contributed by atoms with Gasteiger partial charge in [-0.15, -0.1) is 0 Å². The van der Waals surface area contributed by atoms with Gasteiger partial charge in [0.2, 0.25) is 5.56 Å². The first-order valence-corrected chi connectivity index (χ1v) is 7.15. The van der Waals surface area contributed by atoms with E-state index in [0.717, 1.165) is 4.47 Å². The maximum atomic E-state index is 12.5. The second-order valence-corrected chi connectivity index (χ2v) is 5.68. The van der Waals surface area contributed by atoms with Crippen molar-refractivity contribution in [1.82, 2.24) is 9.88 Å². The molecule has 0 spiro atoms. The quantitative estimate of drug-likeness (QED) is 0.866. The van der Waals surface area contributed by atoms with Crippen LogP contribution in [0.1, 0.15) is 21.6 Å². The summed E-state index contributed by atoms with van der Waals surface area (Å²) in [6.45, 7) is 0. The van der Waals surface area contributed by atoms with Gasteiger partial charge in [0.15, 0.2) is 5.78 Å². The summed E-state index contributed by atoms with van der Waals surface area (Å²) < 4.78 is 0.910. The molecular formula is C16H15BrN2O2. The fourth-order valence-corrected chi connectivity index (χ4v) is 2.06. The molecule has 4 nitrogen and oxygen atoms in total. The number of pyridine rings is 1. The fraction of sp³-hybridized carbons (Fsp3) is 0.125. The minimum atomic E-state index is -0.235. The van der Waals surface area contributed by atoms with E-state index in [1.807, 2.05) is 31.1 Å². The molecule has 1 aromatic carbocycles. The smallest absolute Gasteiger partial charge is 0.248 e. The highest BCUT2D eigenvalue weighted by Gasteiger charge is 2.13. The summed E-state index contributed by atoms with van der Waals surface area (Å²) in [6.07, 6.45) is 3.50. The van der Waals surface area contributed by atoms with Gasteiger partial charge in [0.1, 0.15) is 0 Å². The number of hydrogen-bond acceptors (Lipinski definition) is 3. The molecule has 0 aliphatic heterocycles. The van der Waals surface area contributed by atoms with Gasteiger partial charge in [-0.3, -0.25) is 9.59 Å². The average molecular weight is 347 g/mol. The third-order valence-corrected chi connectivity index (χ3v) is 3.37. The van der Waals surface area contributed by atoms with Crippen molar-refractivity contribution in [3.8, 4) is 0 Å². The Morgan fingerprint density at radius 1 is 1.14 bits per heavy atom. The summed E-state index contributed by atoms with van der Waals surface area (Å²) >= 11 is 3.34. The summed E-state index contributed by atoms with van der Waals surface area (Å²) in [7, 11) is 3.74. The Kier molecular flexibility index (Phi) is 4.75. The number of H-pyrrole nitrogens is 1. The summed E-state index contributed by atoms with van der Waals surface area (Å²) in [5, 5.41) is 0. The van der Waals surface area contributed by atoms with Crippen LogP contribution in [-0.4, -0.2) is 29.8 Å². The zero-order valence-corrected chi connectivity index (χ0v) is 13.3. The zero-order chi connectivity index (χ0) is 15.4. The first-order valence-electron chi connectivity index (χ1n) is 6.35. The van der Waals surface area contributed by atoms with E-state index in [-0.39, 0.29) is 11.3 Å². The Bertz CT molecular complexity index is 731. The number of benzene rings is 1. The Balaban J connectivity index is 2.45. The monoisotopic (exact) mass is 346 g/mol. The van der Waals surface area contributed by atoms with Crippen molar-refractivity contribution < 1.29 is 4.79 Å². The highest BCUT2D eigenvalue weighted by atomic mass is 79.9. The predicted octanol–water partition coefficient (Wildman–Crippen LogP) is 2.90. The van der Waals surface area contributed by atoms with E-state index in [9.17, 15) is 9.59 Å². The van der Waals surface area contributed by atoms with Crippen molar-refractivity contribution in [3.05, 3.63) is 74.2 Å². The molecule has 0 radical (unpaired) electrons. The SMILES string of the molecule is CN(C)/C=C/c1[nH]c(=O)ccc1C(=O)c1ccc(Br)cc1. The highest BCUT2D eigenvalue weighted by Crippen LogP contribution is 2.16. The average Bonchev–Trinajstić information content (AvgIpc) is 2.45. The molecule has 2 rings (SSSR count). The van der Waals surface area contributed by atoms with E-state index in [4.69, 9.17) is 0 Å². The first kappa shape index (κ1) is 15.3. The van der Waals surface area contributed by atoms with Crippen molar-refractivity contribution >= 4 is 27.8 Å². The Morgan fingerprint density at radius 3 is 2.43 bits per heavy atom. The van der Waals surface area contributed by atoms with E-state index in [0.29, 0.717) is 16.8 Å². The maximum absolute atomic E-state index is 12.5. The standard InChI is InChI=1S/C16H15BrN2O2/c1-19(2)10-9-14-13(7-8-15(20)18-14)16(21)11-3-5-12(17)6-4-11/h3-10H,1-2H3,(H,18,20)/b10-9+. The van der Waals surface area contributed by atoms with Crippen molar-refractivity contribution in [1.29, 1.82) is 0 Å². The molecule has 0 amide bonds. The third-order valence-electron chi connectivity index (χ3n) is 2.84. The Labute approximate surface area is 131 Å². The normalized spacial score (nSPS) is 10.8. The summed E-state index contributed by atoms with van der Waals surface area (Å²) in [5.41, 5.74) is 1.31. The van der Waals surface area contributed by atoms with Gasteiger partial charge in [-0.2, -0.15) is 0 Å². The molecule has 0 saturated carbocycles. The van der Waals surface area contributed by atoms with Gasteiger partial charge in [0.05, 0.1) is 5.69 Å². The lowest BCUT2D eigenvalue weighted by atomic mass is 10.0. The number of rotatable bonds is 4. The Morgan fingerprint density at radius 2 is 1.81 bits per heavy atom. The number of nitrogens with zero attached hydrogens (tertiary/aromatic N) is 1. The number of aromatic amines is 1. The minimum absolute atomic E-state index is 0.128. The molecule has 0 aliphatic carbocycles. The molecule has 1 N–H and O–H groups in total. The summed E-state index contributed by atoms with van der Waals surface area (Å²) in [5.74, 6) is -0.128. The maximum Gasteiger partial charge on any atom is 0.248 e. The molecule has 1 heterocycles. The topological polar surface area (TPSA) is 53.2 Å². The number of aromatic nitrogens is 1. The number of ketones is 1. The highest BCUT2D eigenvalue weighted by molar-refractivity contribution is 9.10. The predicted molar refractivity (Wildman–Crippen MR) is 87.4 cm³/mol. The van der Waals surface area contributed by atoms with Gasteiger partial charge >= 0.3 is 0 Å². The fourth-order valence-electron chi connectivity index (χ4n) is 1.80. The summed E-state index contributed by atoms with van der Waals surface area (Å²) in [4.78, 5) is 28.5. The first-order chi connectivity index (χ1) is 9.97. The van der Waals surface area contributed by atoms with Crippen LogP contribution in [0.4, 0.5) is 0 Å². The molecule has 0 aliphatic rings. The number of carbonyl (C=O) groups is 1. The largest absolute Gasteiger partial charge is 0.383 e. The lowest BCUT2D eigenvalue weighted by Crippen LogP contribution is -2.12. The van der Waals surface area contributed by atoms with Gasteiger partial charge in [0.25, 0.3) is 0 Å². The molecular weight excluding hydrogens is 332 g/mol. The van der Waals surface area contributed by atoms with Gasteiger partial charge in [-0.05, 0) is 36.4 Å². The number of nitrogens with one attached hydrogen (secondary N) is 1. The Hall–Kier alpha value is -2.14. The van der Waals surface area contributed by atoms with Gasteiger partial charge in [-0.25, -0.2) is 0 Å². The van der Waals surface area contributed by atoms with Crippen molar-refractivity contribution in [2.45, 2.75) is 0 Å². The number of hydrogen-bond donors (Lipinski definition) is 1. The van der Waals surface area contributed by atoms with Crippen molar-refractivity contribution in [3.63, 3.8) is 0 Å². The molecule has 5 heteroatoms. The van der Waals surface area contributed by atoms with E-state index in [1.54, 1.807) is 30.5 Å². The lowest BCUT2D eigenvalue weighted by Gasteiger charge is -2.07. The molecule has 0 bridgehead atoms. The number of carbonyl (C=O) groups excluding carboxylic acids is 1.